The van der Waals surface area contributed by atoms with E-state index in [0.29, 0.717) is 0 Å². The van der Waals surface area contributed by atoms with E-state index in [-0.39, 0.29) is 16.6 Å². The average molecular weight is 289 g/mol. The number of hydrogen-bond donors (Lipinski definition) is 1. The largest absolute Gasteiger partial charge is 0.482 e. The summed E-state index contributed by atoms with van der Waals surface area (Å²) < 4.78 is 41.0. The summed E-state index contributed by atoms with van der Waals surface area (Å²) in [4.78, 5) is 4.02. The number of nitrogens with one attached hydrogen (secondary N) is 1. The van der Waals surface area contributed by atoms with Crippen molar-refractivity contribution >= 4 is 22.6 Å². The van der Waals surface area contributed by atoms with Crippen LogP contribution in [-0.4, -0.2) is 24.2 Å². The second-order valence-corrected chi connectivity index (χ2v) is 4.02. The summed E-state index contributed by atoms with van der Waals surface area (Å²) in [5.74, 6) is 0.00566. The van der Waals surface area contributed by atoms with Crippen molar-refractivity contribution in [2.75, 3.05) is 12.9 Å². The van der Waals surface area contributed by atoms with Gasteiger partial charge in [0, 0.05) is 0 Å². The van der Waals surface area contributed by atoms with Crippen LogP contribution in [0.1, 0.15) is 0 Å². The number of ether oxygens (including phenoxy) is 1. The molecule has 8 heteroatoms. The van der Waals surface area contributed by atoms with Crippen LogP contribution in [0.15, 0.2) is 29.3 Å². The molecule has 1 rings (SSSR count). The topological polar surface area (TPSA) is 57.4 Å². The Labute approximate surface area is 112 Å². The first kappa shape index (κ1) is 15.2. The Hall–Kier alpha value is -1.88. The van der Waals surface area contributed by atoms with E-state index < -0.39 is 12.8 Å². The SMILES string of the molecule is CSC(=Nc1ccccc1OCC(F)(F)F)NC#N. The first-order valence-corrected chi connectivity index (χ1v) is 6.25. The highest BCUT2D eigenvalue weighted by atomic mass is 32.2. The van der Waals surface area contributed by atoms with Crippen molar-refractivity contribution in [1.82, 2.24) is 5.32 Å². The molecule has 0 aliphatic heterocycles. The summed E-state index contributed by atoms with van der Waals surface area (Å²) in [6.45, 7) is -1.39. The molecular formula is C11H10F3N3OS. The third-order valence-corrected chi connectivity index (χ3v) is 2.41. The van der Waals surface area contributed by atoms with Crippen molar-refractivity contribution in [1.29, 1.82) is 5.26 Å². The van der Waals surface area contributed by atoms with Crippen LogP contribution in [0.2, 0.25) is 0 Å². The van der Waals surface area contributed by atoms with Gasteiger partial charge in [-0.1, -0.05) is 23.9 Å². The first-order valence-electron chi connectivity index (χ1n) is 5.02. The van der Waals surface area contributed by atoms with Crippen LogP contribution in [-0.2, 0) is 0 Å². The molecule has 19 heavy (non-hydrogen) atoms. The van der Waals surface area contributed by atoms with Gasteiger partial charge in [0.05, 0.1) is 0 Å². The molecule has 0 saturated heterocycles. The number of para-hydroxylation sites is 2. The Morgan fingerprint density at radius 2 is 2.16 bits per heavy atom. The van der Waals surface area contributed by atoms with Crippen molar-refractivity contribution in [3.63, 3.8) is 0 Å². The Kier molecular flexibility index (Phi) is 5.51. The lowest BCUT2D eigenvalue weighted by Gasteiger charge is -2.11. The van der Waals surface area contributed by atoms with Crippen molar-refractivity contribution < 1.29 is 17.9 Å². The summed E-state index contributed by atoms with van der Waals surface area (Å²) in [6, 6.07) is 6.04. The molecule has 0 aliphatic carbocycles. The number of nitriles is 1. The van der Waals surface area contributed by atoms with E-state index in [2.05, 4.69) is 15.0 Å². The Bertz CT molecular complexity index is 497. The molecule has 1 aromatic rings. The van der Waals surface area contributed by atoms with E-state index >= 15 is 0 Å². The van der Waals surface area contributed by atoms with E-state index in [1.54, 1.807) is 24.6 Å². The van der Waals surface area contributed by atoms with E-state index in [9.17, 15) is 13.2 Å². The molecular weight excluding hydrogens is 279 g/mol. The highest BCUT2D eigenvalue weighted by molar-refractivity contribution is 8.13. The second kappa shape index (κ2) is 6.89. The normalized spacial score (nSPS) is 11.8. The Morgan fingerprint density at radius 1 is 1.47 bits per heavy atom. The Balaban J connectivity index is 2.93. The van der Waals surface area contributed by atoms with Gasteiger partial charge in [0.25, 0.3) is 0 Å². The van der Waals surface area contributed by atoms with E-state index in [1.807, 2.05) is 0 Å². The fourth-order valence-electron chi connectivity index (χ4n) is 1.11. The second-order valence-electron chi connectivity index (χ2n) is 3.23. The van der Waals surface area contributed by atoms with Crippen LogP contribution in [0.5, 0.6) is 5.75 Å². The minimum absolute atomic E-state index is 0.00566. The van der Waals surface area contributed by atoms with E-state index in [1.165, 1.54) is 12.1 Å². The summed E-state index contributed by atoms with van der Waals surface area (Å²) in [5, 5.41) is 11.1. The number of hydrogen-bond acceptors (Lipinski definition) is 4. The summed E-state index contributed by atoms with van der Waals surface area (Å²) in [5.41, 5.74) is 0.221. The minimum Gasteiger partial charge on any atom is -0.482 e. The fraction of sp³-hybridized carbons (Fsp3) is 0.273. The zero-order valence-corrected chi connectivity index (χ0v) is 10.7. The third-order valence-electron chi connectivity index (χ3n) is 1.83. The van der Waals surface area contributed by atoms with E-state index in [4.69, 9.17) is 5.26 Å². The summed E-state index contributed by atoms with van der Waals surface area (Å²) in [7, 11) is 0. The predicted octanol–water partition coefficient (Wildman–Crippen LogP) is 3.05. The van der Waals surface area contributed by atoms with Crippen molar-refractivity contribution in [2.45, 2.75) is 6.18 Å². The first-order chi connectivity index (χ1) is 8.96. The molecule has 1 N–H and O–H groups in total. The molecule has 0 heterocycles. The summed E-state index contributed by atoms with van der Waals surface area (Å²) >= 11 is 1.16. The number of rotatable bonds is 3. The van der Waals surface area contributed by atoms with Crippen LogP contribution < -0.4 is 10.1 Å². The van der Waals surface area contributed by atoms with Gasteiger partial charge < -0.3 is 4.74 Å². The van der Waals surface area contributed by atoms with Gasteiger partial charge in [-0.2, -0.15) is 18.4 Å². The van der Waals surface area contributed by atoms with Crippen molar-refractivity contribution in [2.24, 2.45) is 4.99 Å². The van der Waals surface area contributed by atoms with Gasteiger partial charge in [0.1, 0.15) is 11.4 Å². The van der Waals surface area contributed by atoms with Gasteiger partial charge in [0.15, 0.2) is 18.0 Å². The quantitative estimate of drug-likeness (QED) is 0.402. The molecule has 0 radical (unpaired) electrons. The number of thioether (sulfide) groups is 1. The maximum absolute atomic E-state index is 12.1. The van der Waals surface area contributed by atoms with Gasteiger partial charge in [-0.25, -0.2) is 4.99 Å². The number of halogens is 3. The molecule has 102 valence electrons. The number of alkyl halides is 3. The highest BCUT2D eigenvalue weighted by Gasteiger charge is 2.28. The van der Waals surface area contributed by atoms with Crippen LogP contribution in [0, 0.1) is 11.5 Å². The van der Waals surface area contributed by atoms with Gasteiger partial charge in [-0.15, -0.1) is 0 Å². The number of benzene rings is 1. The predicted molar refractivity (Wildman–Crippen MR) is 67.4 cm³/mol. The molecule has 0 atom stereocenters. The lowest BCUT2D eigenvalue weighted by Crippen LogP contribution is -2.19. The maximum Gasteiger partial charge on any atom is 0.422 e. The number of aliphatic imine (C=N–C) groups is 1. The molecule has 0 aromatic heterocycles. The molecule has 0 amide bonds. The molecule has 0 fully saturated rings. The average Bonchev–Trinajstić information content (AvgIpc) is 2.36. The summed E-state index contributed by atoms with van der Waals surface area (Å²) in [6.07, 6.45) is -1.04. The number of nitrogens with zero attached hydrogens (tertiary/aromatic N) is 2. The van der Waals surface area contributed by atoms with Crippen LogP contribution >= 0.6 is 11.8 Å². The fourth-order valence-corrected chi connectivity index (χ4v) is 1.45. The maximum atomic E-state index is 12.1. The third kappa shape index (κ3) is 5.52. The number of amidine groups is 1. The lowest BCUT2D eigenvalue weighted by atomic mass is 10.3. The van der Waals surface area contributed by atoms with Gasteiger partial charge >= 0.3 is 6.18 Å². The van der Waals surface area contributed by atoms with Gasteiger partial charge in [-0.3, -0.25) is 5.32 Å². The van der Waals surface area contributed by atoms with Gasteiger partial charge in [0.2, 0.25) is 0 Å². The van der Waals surface area contributed by atoms with E-state index in [0.717, 1.165) is 11.8 Å². The minimum atomic E-state index is -4.41. The van der Waals surface area contributed by atoms with Crippen LogP contribution in [0.3, 0.4) is 0 Å². The van der Waals surface area contributed by atoms with Crippen molar-refractivity contribution in [3.05, 3.63) is 24.3 Å². The lowest BCUT2D eigenvalue weighted by molar-refractivity contribution is -0.153. The standard InChI is InChI=1S/C11H10F3N3OS/c1-19-10(16-7-15)17-8-4-2-3-5-9(8)18-6-11(12,13)14/h2-5H,6H2,1H3,(H,16,17). The molecule has 0 saturated carbocycles. The molecule has 4 nitrogen and oxygen atoms in total. The van der Waals surface area contributed by atoms with Crippen LogP contribution in [0.4, 0.5) is 18.9 Å². The molecule has 1 aromatic carbocycles. The van der Waals surface area contributed by atoms with Crippen molar-refractivity contribution in [3.8, 4) is 11.9 Å². The molecule has 0 aliphatic rings. The smallest absolute Gasteiger partial charge is 0.422 e. The monoisotopic (exact) mass is 289 g/mol. The molecule has 0 bridgehead atoms. The zero-order chi connectivity index (χ0) is 14.3. The van der Waals surface area contributed by atoms with Crippen LogP contribution in [0.25, 0.3) is 0 Å². The zero-order valence-electron chi connectivity index (χ0n) is 9.86. The molecule has 0 unspecified atom stereocenters. The molecule has 0 spiro atoms. The highest BCUT2D eigenvalue weighted by Crippen LogP contribution is 2.29. The van der Waals surface area contributed by atoms with Gasteiger partial charge in [-0.05, 0) is 18.4 Å². The Morgan fingerprint density at radius 3 is 2.74 bits per heavy atom.